The summed E-state index contributed by atoms with van der Waals surface area (Å²) in [5.41, 5.74) is 0.400. The molecular formula is C12H14ClFN2O. The van der Waals surface area contributed by atoms with Gasteiger partial charge in [0.1, 0.15) is 5.82 Å². The molecule has 1 aliphatic rings. The summed E-state index contributed by atoms with van der Waals surface area (Å²) in [5.74, 6) is -0.596. The van der Waals surface area contributed by atoms with E-state index in [1.807, 2.05) is 0 Å². The number of carbonyl (C=O) groups is 1. The van der Waals surface area contributed by atoms with Gasteiger partial charge in [-0.25, -0.2) is 4.39 Å². The van der Waals surface area contributed by atoms with Crippen LogP contribution in [-0.2, 0) is 11.3 Å². The molecule has 5 heteroatoms. The Morgan fingerprint density at radius 3 is 2.94 bits per heavy atom. The molecular weight excluding hydrogens is 243 g/mol. The Balaban J connectivity index is 1.79. The zero-order valence-corrected chi connectivity index (χ0v) is 10.1. The molecule has 92 valence electrons. The smallest absolute Gasteiger partial charge is 0.234 e. The van der Waals surface area contributed by atoms with Crippen LogP contribution in [0.4, 0.5) is 4.39 Å². The highest BCUT2D eigenvalue weighted by Crippen LogP contribution is 2.18. The lowest BCUT2D eigenvalue weighted by atomic mass is 10.2. The van der Waals surface area contributed by atoms with E-state index < -0.39 is 5.82 Å². The number of halogens is 2. The van der Waals surface area contributed by atoms with Gasteiger partial charge in [0.15, 0.2) is 0 Å². The van der Waals surface area contributed by atoms with Gasteiger partial charge < -0.3 is 10.6 Å². The Bertz CT molecular complexity index is 421. The van der Waals surface area contributed by atoms with Crippen molar-refractivity contribution < 1.29 is 9.18 Å². The summed E-state index contributed by atoms with van der Waals surface area (Å²) in [5, 5.41) is 5.81. The molecule has 1 amide bonds. The first-order valence-electron chi connectivity index (χ1n) is 5.60. The predicted octanol–water partition coefficient (Wildman–Crippen LogP) is 1.85. The summed E-state index contributed by atoms with van der Waals surface area (Å²) in [7, 11) is 0. The maximum atomic E-state index is 13.5. The number of amides is 1. The number of benzene rings is 1. The van der Waals surface area contributed by atoms with E-state index in [0.717, 1.165) is 12.8 Å². The minimum atomic E-state index is -0.468. The Morgan fingerprint density at radius 1 is 1.47 bits per heavy atom. The predicted molar refractivity (Wildman–Crippen MR) is 64.3 cm³/mol. The van der Waals surface area contributed by atoms with E-state index in [1.165, 1.54) is 6.07 Å². The number of rotatable bonds is 5. The van der Waals surface area contributed by atoms with E-state index >= 15 is 0 Å². The fourth-order valence-corrected chi connectivity index (χ4v) is 1.66. The third kappa shape index (κ3) is 3.68. The molecule has 0 aliphatic heterocycles. The van der Waals surface area contributed by atoms with Gasteiger partial charge in [-0.15, -0.1) is 0 Å². The first kappa shape index (κ1) is 12.3. The Hall–Kier alpha value is -1.13. The van der Waals surface area contributed by atoms with Gasteiger partial charge in [-0.05, 0) is 18.9 Å². The molecule has 0 bridgehead atoms. The third-order valence-electron chi connectivity index (χ3n) is 2.64. The average molecular weight is 257 g/mol. The fraction of sp³-hybridized carbons (Fsp3) is 0.417. The second kappa shape index (κ2) is 5.47. The largest absolute Gasteiger partial charge is 0.351 e. The first-order chi connectivity index (χ1) is 8.16. The van der Waals surface area contributed by atoms with Crippen molar-refractivity contribution in [2.45, 2.75) is 25.4 Å². The van der Waals surface area contributed by atoms with Crippen LogP contribution < -0.4 is 10.6 Å². The van der Waals surface area contributed by atoms with Gasteiger partial charge in [-0.3, -0.25) is 4.79 Å². The molecule has 0 atom stereocenters. The quantitative estimate of drug-likeness (QED) is 0.844. The van der Waals surface area contributed by atoms with Crippen molar-refractivity contribution in [1.82, 2.24) is 10.6 Å². The van der Waals surface area contributed by atoms with Crippen LogP contribution in [0.1, 0.15) is 18.4 Å². The summed E-state index contributed by atoms with van der Waals surface area (Å²) < 4.78 is 13.5. The molecule has 0 radical (unpaired) electrons. The molecule has 3 nitrogen and oxygen atoms in total. The first-order valence-corrected chi connectivity index (χ1v) is 5.97. The number of nitrogens with one attached hydrogen (secondary N) is 2. The van der Waals surface area contributed by atoms with E-state index in [4.69, 9.17) is 11.6 Å². The van der Waals surface area contributed by atoms with Crippen LogP contribution >= 0.6 is 11.6 Å². The van der Waals surface area contributed by atoms with Gasteiger partial charge in [0, 0.05) is 18.2 Å². The lowest BCUT2D eigenvalue weighted by molar-refractivity contribution is -0.120. The molecule has 0 saturated heterocycles. The van der Waals surface area contributed by atoms with Crippen LogP contribution in [0.15, 0.2) is 18.2 Å². The Labute approximate surface area is 104 Å². The van der Waals surface area contributed by atoms with Crippen LogP contribution in [0.3, 0.4) is 0 Å². The molecule has 1 saturated carbocycles. The van der Waals surface area contributed by atoms with E-state index in [0.29, 0.717) is 11.6 Å². The maximum absolute atomic E-state index is 13.5. The van der Waals surface area contributed by atoms with Crippen LogP contribution in [0.25, 0.3) is 0 Å². The minimum absolute atomic E-state index is 0.0767. The second-order valence-electron chi connectivity index (χ2n) is 4.14. The van der Waals surface area contributed by atoms with Crippen molar-refractivity contribution in [3.8, 4) is 0 Å². The van der Waals surface area contributed by atoms with Crippen molar-refractivity contribution in [3.63, 3.8) is 0 Å². The molecule has 1 aliphatic carbocycles. The van der Waals surface area contributed by atoms with Crippen molar-refractivity contribution in [3.05, 3.63) is 34.6 Å². The number of carbonyl (C=O) groups excluding carboxylic acids is 1. The lowest BCUT2D eigenvalue weighted by Crippen LogP contribution is -2.34. The molecule has 0 aromatic heterocycles. The van der Waals surface area contributed by atoms with Crippen molar-refractivity contribution in [2.24, 2.45) is 0 Å². The van der Waals surface area contributed by atoms with Gasteiger partial charge in [0.05, 0.1) is 11.6 Å². The lowest BCUT2D eigenvalue weighted by Gasteiger charge is -2.07. The Kier molecular flexibility index (Phi) is 3.97. The molecule has 1 aromatic carbocycles. The minimum Gasteiger partial charge on any atom is -0.351 e. The van der Waals surface area contributed by atoms with Gasteiger partial charge in [-0.1, -0.05) is 23.7 Å². The molecule has 0 heterocycles. The molecule has 17 heavy (non-hydrogen) atoms. The molecule has 1 fully saturated rings. The monoisotopic (exact) mass is 256 g/mol. The second-order valence-corrected chi connectivity index (χ2v) is 4.55. The highest BCUT2D eigenvalue weighted by molar-refractivity contribution is 6.30. The maximum Gasteiger partial charge on any atom is 0.234 e. The summed E-state index contributed by atoms with van der Waals surface area (Å²) in [4.78, 5) is 11.4. The summed E-state index contributed by atoms with van der Waals surface area (Å²) >= 11 is 5.64. The average Bonchev–Trinajstić information content (AvgIpc) is 3.12. The molecule has 1 aromatic rings. The topological polar surface area (TPSA) is 41.1 Å². The zero-order valence-electron chi connectivity index (χ0n) is 9.30. The summed E-state index contributed by atoms with van der Waals surface area (Å²) in [6, 6.07) is 5.24. The number of hydrogen-bond acceptors (Lipinski definition) is 2. The number of hydrogen-bond donors (Lipinski definition) is 2. The van der Waals surface area contributed by atoms with Crippen molar-refractivity contribution in [2.75, 3.05) is 6.54 Å². The van der Waals surface area contributed by atoms with Crippen LogP contribution in [0.5, 0.6) is 0 Å². The summed E-state index contributed by atoms with van der Waals surface area (Å²) in [6.45, 7) is 0.449. The van der Waals surface area contributed by atoms with Crippen molar-refractivity contribution >= 4 is 17.5 Å². The highest BCUT2D eigenvalue weighted by Gasteiger charge is 2.21. The van der Waals surface area contributed by atoms with Gasteiger partial charge >= 0.3 is 0 Å². The van der Waals surface area contributed by atoms with E-state index in [9.17, 15) is 9.18 Å². The SMILES string of the molecule is O=C(CNC1CC1)NCc1cccc(Cl)c1F. The van der Waals surface area contributed by atoms with Gasteiger partial charge in [0.25, 0.3) is 0 Å². The molecule has 0 spiro atoms. The molecule has 2 N–H and O–H groups in total. The summed E-state index contributed by atoms with van der Waals surface area (Å²) in [6.07, 6.45) is 2.27. The third-order valence-corrected chi connectivity index (χ3v) is 2.93. The van der Waals surface area contributed by atoms with E-state index in [-0.39, 0.29) is 24.0 Å². The standard InChI is InChI=1S/C12H14ClFN2O/c13-10-3-1-2-8(12(10)14)6-16-11(17)7-15-9-4-5-9/h1-3,9,15H,4-7H2,(H,16,17). The highest BCUT2D eigenvalue weighted by atomic mass is 35.5. The van der Waals surface area contributed by atoms with E-state index in [1.54, 1.807) is 12.1 Å². The fourth-order valence-electron chi connectivity index (χ4n) is 1.47. The Morgan fingerprint density at radius 2 is 2.24 bits per heavy atom. The van der Waals surface area contributed by atoms with Gasteiger partial charge in [0.2, 0.25) is 5.91 Å². The van der Waals surface area contributed by atoms with Crippen LogP contribution in [-0.4, -0.2) is 18.5 Å². The molecule has 0 unspecified atom stereocenters. The van der Waals surface area contributed by atoms with E-state index in [2.05, 4.69) is 10.6 Å². The van der Waals surface area contributed by atoms with Crippen molar-refractivity contribution in [1.29, 1.82) is 0 Å². The van der Waals surface area contributed by atoms with Gasteiger partial charge in [-0.2, -0.15) is 0 Å². The normalized spacial score (nSPS) is 14.7. The zero-order chi connectivity index (χ0) is 12.3. The van der Waals surface area contributed by atoms with Crippen LogP contribution in [0, 0.1) is 5.82 Å². The van der Waals surface area contributed by atoms with Crippen LogP contribution in [0.2, 0.25) is 5.02 Å². The molecule has 2 rings (SSSR count).